The van der Waals surface area contributed by atoms with Gasteiger partial charge in [0.2, 0.25) is 5.91 Å². The van der Waals surface area contributed by atoms with Gasteiger partial charge in [-0.15, -0.1) is 0 Å². The van der Waals surface area contributed by atoms with E-state index in [1.165, 1.54) is 12.0 Å². The number of quaternary nitrogens is 1. The van der Waals surface area contributed by atoms with Crippen LogP contribution in [0, 0.1) is 6.92 Å². The van der Waals surface area contributed by atoms with Gasteiger partial charge in [0.25, 0.3) is 0 Å². The number of morpholine rings is 1. The van der Waals surface area contributed by atoms with Gasteiger partial charge in [-0.1, -0.05) is 11.6 Å². The molecular weight excluding hydrogens is 384 g/mol. The molecule has 8 heteroatoms. The molecule has 3 rings (SSSR count). The van der Waals surface area contributed by atoms with E-state index < -0.39 is 5.63 Å². The Bertz CT molecular complexity index is 906. The number of benzene rings is 1. The zero-order valence-corrected chi connectivity index (χ0v) is 17.0. The van der Waals surface area contributed by atoms with Crippen LogP contribution in [-0.2, 0) is 16.0 Å². The molecule has 0 spiro atoms. The van der Waals surface area contributed by atoms with Crippen molar-refractivity contribution in [3.8, 4) is 5.75 Å². The number of halogens is 1. The van der Waals surface area contributed by atoms with Gasteiger partial charge in [-0.3, -0.25) is 4.79 Å². The molecule has 7 nitrogen and oxygen atoms in total. The van der Waals surface area contributed by atoms with Gasteiger partial charge >= 0.3 is 5.63 Å². The summed E-state index contributed by atoms with van der Waals surface area (Å²) in [5.41, 5.74) is 0.928. The van der Waals surface area contributed by atoms with Crippen molar-refractivity contribution in [1.82, 2.24) is 5.32 Å². The Morgan fingerprint density at radius 2 is 2.07 bits per heavy atom. The van der Waals surface area contributed by atoms with Crippen molar-refractivity contribution < 1.29 is 23.6 Å². The monoisotopic (exact) mass is 409 g/mol. The lowest BCUT2D eigenvalue weighted by atomic mass is 10.0. The molecule has 0 aliphatic carbocycles. The Kier molecular flexibility index (Phi) is 6.93. The fourth-order valence-electron chi connectivity index (χ4n) is 3.45. The number of rotatable bonds is 7. The number of carbonyl (C=O) groups is 1. The minimum atomic E-state index is -0.512. The third kappa shape index (κ3) is 4.84. The third-order valence-electron chi connectivity index (χ3n) is 5.13. The van der Waals surface area contributed by atoms with E-state index in [1.54, 1.807) is 19.1 Å². The Hall–Kier alpha value is -2.09. The number of methoxy groups -OCH3 is 1. The van der Waals surface area contributed by atoms with E-state index in [1.807, 2.05) is 0 Å². The predicted molar refractivity (Wildman–Crippen MR) is 106 cm³/mol. The molecule has 0 atom stereocenters. The fraction of sp³-hybridized carbons (Fsp3) is 0.500. The van der Waals surface area contributed by atoms with Gasteiger partial charge in [0.15, 0.2) is 0 Å². The Morgan fingerprint density at radius 3 is 2.79 bits per heavy atom. The molecule has 1 aromatic carbocycles. The van der Waals surface area contributed by atoms with Crippen molar-refractivity contribution in [3.63, 3.8) is 0 Å². The van der Waals surface area contributed by atoms with Crippen molar-refractivity contribution in [2.45, 2.75) is 19.8 Å². The van der Waals surface area contributed by atoms with Crippen molar-refractivity contribution in [2.75, 3.05) is 46.5 Å². The number of nitrogens with one attached hydrogen (secondary N) is 2. The Balaban J connectivity index is 1.62. The maximum absolute atomic E-state index is 12.4. The molecule has 152 valence electrons. The molecule has 1 aliphatic rings. The predicted octanol–water partition coefficient (Wildman–Crippen LogP) is 0.727. The molecule has 2 N–H and O–H groups in total. The molecule has 1 fully saturated rings. The van der Waals surface area contributed by atoms with Crippen LogP contribution in [0.3, 0.4) is 0 Å². The molecule has 1 aliphatic heterocycles. The third-order valence-corrected chi connectivity index (χ3v) is 5.42. The summed E-state index contributed by atoms with van der Waals surface area (Å²) in [5, 5.41) is 4.02. The first-order valence-corrected chi connectivity index (χ1v) is 9.85. The van der Waals surface area contributed by atoms with Gasteiger partial charge in [-0.2, -0.15) is 0 Å². The second-order valence-electron chi connectivity index (χ2n) is 6.97. The molecule has 0 radical (unpaired) electrons. The first kappa shape index (κ1) is 20.6. The van der Waals surface area contributed by atoms with Crippen LogP contribution in [-0.4, -0.2) is 52.4 Å². The number of hydrogen-bond acceptors (Lipinski definition) is 5. The van der Waals surface area contributed by atoms with E-state index in [2.05, 4.69) is 5.32 Å². The topological polar surface area (TPSA) is 82.2 Å². The van der Waals surface area contributed by atoms with Gasteiger partial charge < -0.3 is 24.1 Å². The highest BCUT2D eigenvalue weighted by Crippen LogP contribution is 2.31. The summed E-state index contributed by atoms with van der Waals surface area (Å²) in [6, 6.07) is 3.28. The summed E-state index contributed by atoms with van der Waals surface area (Å²) in [6.45, 7) is 7.01. The largest absolute Gasteiger partial charge is 0.495 e. The van der Waals surface area contributed by atoms with Crippen LogP contribution in [0.25, 0.3) is 11.0 Å². The van der Waals surface area contributed by atoms with Crippen LogP contribution in [0.4, 0.5) is 0 Å². The van der Waals surface area contributed by atoms with E-state index >= 15 is 0 Å². The summed E-state index contributed by atoms with van der Waals surface area (Å²) in [6.07, 6.45) is 0.875. The quantitative estimate of drug-likeness (QED) is 0.520. The van der Waals surface area contributed by atoms with Crippen LogP contribution in [0.15, 0.2) is 21.3 Å². The second-order valence-corrected chi connectivity index (χ2v) is 7.38. The smallest absolute Gasteiger partial charge is 0.340 e. The molecule has 1 saturated heterocycles. The fourth-order valence-corrected chi connectivity index (χ4v) is 3.69. The average molecular weight is 410 g/mol. The highest BCUT2D eigenvalue weighted by Gasteiger charge is 2.17. The van der Waals surface area contributed by atoms with E-state index in [0.29, 0.717) is 39.4 Å². The summed E-state index contributed by atoms with van der Waals surface area (Å²) in [4.78, 5) is 26.2. The molecule has 1 amide bonds. The van der Waals surface area contributed by atoms with Crippen LogP contribution < -0.4 is 20.6 Å². The molecule has 28 heavy (non-hydrogen) atoms. The molecular formula is C20H26ClN2O5+. The maximum Gasteiger partial charge on any atom is 0.340 e. The average Bonchev–Trinajstić information content (AvgIpc) is 2.69. The zero-order chi connectivity index (χ0) is 20.1. The normalized spacial score (nSPS) is 15.0. The summed E-state index contributed by atoms with van der Waals surface area (Å²) in [7, 11) is 1.50. The van der Waals surface area contributed by atoms with E-state index in [-0.39, 0.29) is 12.3 Å². The molecule has 0 unspecified atom stereocenters. The van der Waals surface area contributed by atoms with Gasteiger partial charge in [-0.25, -0.2) is 4.79 Å². The van der Waals surface area contributed by atoms with Crippen molar-refractivity contribution in [2.24, 2.45) is 0 Å². The first-order valence-electron chi connectivity index (χ1n) is 9.47. The number of fused-ring (bicyclic) bond motifs is 1. The van der Waals surface area contributed by atoms with Crippen molar-refractivity contribution >= 4 is 28.5 Å². The highest BCUT2D eigenvalue weighted by atomic mass is 35.5. The standard InChI is InChI=1S/C20H25ClN2O5/c1-13-14-10-16(21)18(26-2)12-17(14)28-20(25)15(13)11-19(24)22-4-3-5-23-6-8-27-9-7-23/h10,12H,3-9,11H2,1-2H3,(H,22,24)/p+1. The second kappa shape index (κ2) is 9.41. The SMILES string of the molecule is COc1cc2oc(=O)c(CC(=O)NCCC[NH+]3CCOCC3)c(C)c2cc1Cl. The van der Waals surface area contributed by atoms with Gasteiger partial charge in [0.05, 0.1) is 43.9 Å². The lowest BCUT2D eigenvalue weighted by Gasteiger charge is -2.23. The van der Waals surface area contributed by atoms with E-state index in [0.717, 1.165) is 39.3 Å². The highest BCUT2D eigenvalue weighted by molar-refractivity contribution is 6.32. The Labute approximate surface area is 168 Å². The van der Waals surface area contributed by atoms with Crippen molar-refractivity contribution in [1.29, 1.82) is 0 Å². The van der Waals surface area contributed by atoms with Crippen LogP contribution >= 0.6 is 11.6 Å². The number of aryl methyl sites for hydroxylation is 1. The van der Waals surface area contributed by atoms with Crippen molar-refractivity contribution in [3.05, 3.63) is 38.7 Å². The minimum Gasteiger partial charge on any atom is -0.495 e. The lowest BCUT2D eigenvalue weighted by molar-refractivity contribution is -0.908. The number of carbonyl (C=O) groups excluding carboxylic acids is 1. The maximum atomic E-state index is 12.4. The van der Waals surface area contributed by atoms with E-state index in [9.17, 15) is 9.59 Å². The van der Waals surface area contributed by atoms with Crippen LogP contribution in [0.1, 0.15) is 17.5 Å². The van der Waals surface area contributed by atoms with Crippen LogP contribution in [0.5, 0.6) is 5.75 Å². The molecule has 0 bridgehead atoms. The lowest BCUT2D eigenvalue weighted by Crippen LogP contribution is -3.14. The molecule has 2 heterocycles. The first-order chi connectivity index (χ1) is 13.5. The summed E-state index contributed by atoms with van der Waals surface area (Å²) in [5.74, 6) is 0.246. The van der Waals surface area contributed by atoms with Gasteiger partial charge in [0, 0.05) is 24.4 Å². The van der Waals surface area contributed by atoms with E-state index in [4.69, 9.17) is 25.5 Å². The van der Waals surface area contributed by atoms with Gasteiger partial charge in [0.1, 0.15) is 24.4 Å². The molecule has 2 aromatic rings. The number of amides is 1. The Morgan fingerprint density at radius 1 is 1.32 bits per heavy atom. The molecule has 1 aromatic heterocycles. The van der Waals surface area contributed by atoms with Crippen LogP contribution in [0.2, 0.25) is 5.02 Å². The summed E-state index contributed by atoms with van der Waals surface area (Å²) >= 11 is 6.19. The van der Waals surface area contributed by atoms with Gasteiger partial charge in [-0.05, 0) is 18.6 Å². The number of hydrogen-bond donors (Lipinski definition) is 2. The zero-order valence-electron chi connectivity index (χ0n) is 16.2. The molecule has 0 saturated carbocycles. The summed E-state index contributed by atoms with van der Waals surface area (Å²) < 4.78 is 15.9. The number of ether oxygens (including phenoxy) is 2. The minimum absolute atomic E-state index is 0.0157.